The number of nitrogens with zero attached hydrogens (tertiary/aromatic N) is 5. The Labute approximate surface area is 189 Å². The minimum Gasteiger partial charge on any atom is -0.497 e. The zero-order valence-corrected chi connectivity index (χ0v) is 19.3. The highest BCUT2D eigenvalue weighted by atomic mass is 32.2. The van der Waals surface area contributed by atoms with Crippen molar-refractivity contribution in [3.05, 3.63) is 29.3 Å². The number of anilines is 1. The van der Waals surface area contributed by atoms with Crippen molar-refractivity contribution in [3.63, 3.8) is 0 Å². The van der Waals surface area contributed by atoms with E-state index in [1.54, 1.807) is 7.11 Å². The molecule has 1 saturated carbocycles. The lowest BCUT2D eigenvalue weighted by molar-refractivity contribution is -0.113. The zero-order chi connectivity index (χ0) is 21.6. The first-order valence-corrected chi connectivity index (χ1v) is 12.3. The number of amides is 1. The molecular formula is C21H26N6O2S2. The molecule has 0 spiro atoms. The standard InChI is InChI=1S/C21H26N6O2S2/c1-3-27-18(15-10-7-11-16(12-15)29-2)23-26-21(27)30-13-17(28)22-20-25-24-19(31-20)14-8-5-4-6-9-14/h7,10-12,14H,3-6,8-9,13H2,1-2H3,(H,22,25,28). The number of methoxy groups -OCH3 is 1. The van der Waals surface area contributed by atoms with Crippen LogP contribution in [0.3, 0.4) is 0 Å². The van der Waals surface area contributed by atoms with E-state index in [0.29, 0.717) is 22.8 Å². The minimum atomic E-state index is -0.120. The lowest BCUT2D eigenvalue weighted by atomic mass is 9.90. The molecule has 0 radical (unpaired) electrons. The van der Waals surface area contributed by atoms with Gasteiger partial charge in [-0.05, 0) is 31.9 Å². The number of aromatic nitrogens is 5. The Kier molecular flexibility index (Phi) is 7.18. The van der Waals surface area contributed by atoms with Crippen LogP contribution in [0.4, 0.5) is 5.13 Å². The number of carbonyl (C=O) groups excluding carboxylic acids is 1. The van der Waals surface area contributed by atoms with Crippen molar-refractivity contribution in [1.29, 1.82) is 0 Å². The smallest absolute Gasteiger partial charge is 0.236 e. The number of benzene rings is 1. The van der Waals surface area contributed by atoms with E-state index >= 15 is 0 Å². The Morgan fingerprint density at radius 2 is 2.06 bits per heavy atom. The van der Waals surface area contributed by atoms with Crippen molar-refractivity contribution in [2.75, 3.05) is 18.2 Å². The molecule has 0 aliphatic heterocycles. The summed E-state index contributed by atoms with van der Waals surface area (Å²) in [5.41, 5.74) is 0.925. The van der Waals surface area contributed by atoms with E-state index < -0.39 is 0 Å². The highest BCUT2D eigenvalue weighted by Crippen LogP contribution is 2.35. The van der Waals surface area contributed by atoms with E-state index in [0.717, 1.165) is 22.1 Å². The number of ether oxygens (including phenoxy) is 1. The second kappa shape index (κ2) is 10.2. The average Bonchev–Trinajstić information content (AvgIpc) is 3.45. The van der Waals surface area contributed by atoms with Crippen LogP contribution in [0.1, 0.15) is 50.0 Å². The van der Waals surface area contributed by atoms with Gasteiger partial charge in [0.25, 0.3) is 0 Å². The van der Waals surface area contributed by atoms with Gasteiger partial charge in [-0.3, -0.25) is 10.1 Å². The molecule has 1 aliphatic rings. The van der Waals surface area contributed by atoms with Crippen LogP contribution in [0.2, 0.25) is 0 Å². The number of nitrogens with one attached hydrogen (secondary N) is 1. The molecule has 0 bridgehead atoms. The normalized spacial score (nSPS) is 14.5. The number of hydrogen-bond acceptors (Lipinski definition) is 8. The van der Waals surface area contributed by atoms with E-state index in [1.807, 2.05) is 35.8 Å². The zero-order valence-electron chi connectivity index (χ0n) is 17.7. The number of hydrogen-bond donors (Lipinski definition) is 1. The highest BCUT2D eigenvalue weighted by Gasteiger charge is 2.21. The molecule has 2 heterocycles. The molecule has 10 heteroatoms. The molecule has 164 valence electrons. The summed E-state index contributed by atoms with van der Waals surface area (Å²) < 4.78 is 7.31. The van der Waals surface area contributed by atoms with Crippen molar-refractivity contribution in [1.82, 2.24) is 25.0 Å². The van der Waals surface area contributed by atoms with Crippen LogP contribution in [0.15, 0.2) is 29.4 Å². The third-order valence-corrected chi connectivity index (χ3v) is 7.30. The fraction of sp³-hybridized carbons (Fsp3) is 0.476. The summed E-state index contributed by atoms with van der Waals surface area (Å²) in [6.45, 7) is 2.73. The van der Waals surface area contributed by atoms with Gasteiger partial charge in [-0.1, -0.05) is 54.5 Å². The number of carbonyl (C=O) groups is 1. The molecule has 4 rings (SSSR count). The van der Waals surface area contributed by atoms with Crippen LogP contribution in [-0.2, 0) is 11.3 Å². The largest absolute Gasteiger partial charge is 0.497 e. The first-order valence-electron chi connectivity index (χ1n) is 10.5. The van der Waals surface area contributed by atoms with Crippen LogP contribution < -0.4 is 10.1 Å². The maximum Gasteiger partial charge on any atom is 0.236 e. The quantitative estimate of drug-likeness (QED) is 0.493. The second-order valence-electron chi connectivity index (χ2n) is 7.40. The van der Waals surface area contributed by atoms with Crippen LogP contribution in [0.5, 0.6) is 5.75 Å². The van der Waals surface area contributed by atoms with Gasteiger partial charge in [-0.25, -0.2) is 0 Å². The summed E-state index contributed by atoms with van der Waals surface area (Å²) in [7, 11) is 1.64. The van der Waals surface area contributed by atoms with Crippen LogP contribution in [-0.4, -0.2) is 43.7 Å². The van der Waals surface area contributed by atoms with E-state index in [9.17, 15) is 4.79 Å². The van der Waals surface area contributed by atoms with Gasteiger partial charge in [-0.15, -0.1) is 20.4 Å². The molecule has 1 aromatic carbocycles. The predicted octanol–water partition coefficient (Wildman–Crippen LogP) is 4.60. The summed E-state index contributed by atoms with van der Waals surface area (Å²) in [6.07, 6.45) is 6.14. The van der Waals surface area contributed by atoms with Gasteiger partial charge >= 0.3 is 0 Å². The van der Waals surface area contributed by atoms with Crippen LogP contribution in [0, 0.1) is 0 Å². The van der Waals surface area contributed by atoms with Gasteiger partial charge in [0, 0.05) is 18.0 Å². The summed E-state index contributed by atoms with van der Waals surface area (Å²) >= 11 is 2.86. The third-order valence-electron chi connectivity index (χ3n) is 5.33. The van der Waals surface area contributed by atoms with Gasteiger partial charge in [0.15, 0.2) is 11.0 Å². The Morgan fingerprint density at radius 3 is 2.84 bits per heavy atom. The van der Waals surface area contributed by atoms with E-state index in [4.69, 9.17) is 4.74 Å². The van der Waals surface area contributed by atoms with Gasteiger partial charge in [-0.2, -0.15) is 0 Å². The maximum atomic E-state index is 12.5. The molecule has 0 atom stereocenters. The monoisotopic (exact) mass is 458 g/mol. The number of rotatable bonds is 8. The molecule has 3 aromatic rings. The SMILES string of the molecule is CCn1c(SCC(=O)Nc2nnc(C3CCCCC3)s2)nnc1-c1cccc(OC)c1. The summed E-state index contributed by atoms with van der Waals surface area (Å²) in [6, 6.07) is 7.71. The molecule has 1 amide bonds. The summed E-state index contributed by atoms with van der Waals surface area (Å²) in [4.78, 5) is 12.5. The highest BCUT2D eigenvalue weighted by molar-refractivity contribution is 7.99. The molecule has 1 N–H and O–H groups in total. The summed E-state index contributed by atoms with van der Waals surface area (Å²) in [5, 5.41) is 22.3. The Hall–Kier alpha value is -2.46. The van der Waals surface area contributed by atoms with Gasteiger partial charge in [0.05, 0.1) is 12.9 Å². The molecule has 1 fully saturated rings. The average molecular weight is 459 g/mol. The molecule has 1 aliphatic carbocycles. The third kappa shape index (κ3) is 5.24. The molecule has 8 nitrogen and oxygen atoms in total. The van der Waals surface area contributed by atoms with E-state index in [2.05, 4.69) is 25.7 Å². The Morgan fingerprint density at radius 1 is 1.23 bits per heavy atom. The molecule has 31 heavy (non-hydrogen) atoms. The predicted molar refractivity (Wildman–Crippen MR) is 123 cm³/mol. The fourth-order valence-corrected chi connectivity index (χ4v) is 5.47. The van der Waals surface area contributed by atoms with E-state index in [1.165, 1.54) is 55.2 Å². The lowest BCUT2D eigenvalue weighted by Crippen LogP contribution is -2.14. The second-order valence-corrected chi connectivity index (χ2v) is 9.35. The topological polar surface area (TPSA) is 94.8 Å². The van der Waals surface area contributed by atoms with Crippen molar-refractivity contribution >= 4 is 34.1 Å². The van der Waals surface area contributed by atoms with Crippen molar-refractivity contribution in [2.45, 2.75) is 56.6 Å². The van der Waals surface area contributed by atoms with Gasteiger partial charge in [0.2, 0.25) is 11.0 Å². The van der Waals surface area contributed by atoms with Gasteiger partial charge in [0.1, 0.15) is 10.8 Å². The van der Waals surface area contributed by atoms with Crippen molar-refractivity contribution in [3.8, 4) is 17.1 Å². The number of thioether (sulfide) groups is 1. The molecule has 0 saturated heterocycles. The maximum absolute atomic E-state index is 12.5. The first-order chi connectivity index (χ1) is 15.2. The van der Waals surface area contributed by atoms with Crippen molar-refractivity contribution < 1.29 is 9.53 Å². The molecule has 2 aromatic heterocycles. The Balaban J connectivity index is 1.37. The first kappa shape index (κ1) is 21.8. The lowest BCUT2D eigenvalue weighted by Gasteiger charge is -2.18. The molecule has 0 unspecified atom stereocenters. The molecular weight excluding hydrogens is 432 g/mol. The van der Waals surface area contributed by atoms with Crippen LogP contribution >= 0.6 is 23.1 Å². The van der Waals surface area contributed by atoms with Gasteiger partial charge < -0.3 is 9.30 Å². The summed E-state index contributed by atoms with van der Waals surface area (Å²) in [5.74, 6) is 2.12. The minimum absolute atomic E-state index is 0.120. The van der Waals surface area contributed by atoms with Crippen molar-refractivity contribution in [2.24, 2.45) is 0 Å². The fourth-order valence-electron chi connectivity index (χ4n) is 3.74. The van der Waals surface area contributed by atoms with Crippen LogP contribution in [0.25, 0.3) is 11.4 Å². The Bertz CT molecular complexity index is 1030. The van der Waals surface area contributed by atoms with E-state index in [-0.39, 0.29) is 11.7 Å².